The Morgan fingerprint density at radius 2 is 2.21 bits per heavy atom. The van der Waals surface area contributed by atoms with Gasteiger partial charge in [0.25, 0.3) is 0 Å². The summed E-state index contributed by atoms with van der Waals surface area (Å²) in [6, 6.07) is 8.31. The third-order valence-corrected chi connectivity index (χ3v) is 5.17. The van der Waals surface area contributed by atoms with Crippen molar-refractivity contribution in [1.82, 2.24) is 14.5 Å². The second kappa shape index (κ2) is 7.85. The van der Waals surface area contributed by atoms with Crippen LogP contribution in [0.1, 0.15) is 6.42 Å². The van der Waals surface area contributed by atoms with E-state index in [1.54, 1.807) is 18.9 Å². The molecule has 0 aliphatic carbocycles. The maximum atomic E-state index is 12.1. The lowest BCUT2D eigenvalue weighted by atomic mass is 10.1. The summed E-state index contributed by atoms with van der Waals surface area (Å²) in [5.74, 6) is 1.52. The number of carbonyl (C=O) groups excluding carboxylic acids is 1. The molecule has 1 amide bonds. The Balaban J connectivity index is 1.74. The third-order valence-electron chi connectivity index (χ3n) is 4.38. The van der Waals surface area contributed by atoms with Gasteiger partial charge >= 0.3 is 0 Å². The van der Waals surface area contributed by atoms with E-state index in [0.29, 0.717) is 25.5 Å². The molecule has 0 N–H and O–H groups in total. The fourth-order valence-corrected chi connectivity index (χ4v) is 3.80. The second-order valence-corrected chi connectivity index (χ2v) is 6.85. The number of rotatable bonds is 7. The van der Waals surface area contributed by atoms with Crippen molar-refractivity contribution in [1.29, 1.82) is 0 Å². The van der Waals surface area contributed by atoms with E-state index in [0.717, 1.165) is 24.5 Å². The Kier molecular flexibility index (Phi) is 5.58. The minimum absolute atomic E-state index is 0.225. The lowest BCUT2D eigenvalue weighted by molar-refractivity contribution is -0.128. The highest BCUT2D eigenvalue weighted by Crippen LogP contribution is 2.30. The first-order chi connectivity index (χ1) is 11.7. The summed E-state index contributed by atoms with van der Waals surface area (Å²) in [6.07, 6.45) is 6.53. The molecule has 1 aromatic carbocycles. The molecule has 2 heterocycles. The van der Waals surface area contributed by atoms with E-state index in [9.17, 15) is 4.79 Å². The minimum atomic E-state index is 0.225. The Hall–Kier alpha value is -1.79. The number of aromatic nitrogens is 2. The Morgan fingerprint density at radius 3 is 3.00 bits per heavy atom. The van der Waals surface area contributed by atoms with Crippen molar-refractivity contribution >= 4 is 17.7 Å². The van der Waals surface area contributed by atoms with Crippen LogP contribution in [0.15, 0.2) is 41.6 Å². The second-order valence-electron chi connectivity index (χ2n) is 6.01. The highest BCUT2D eigenvalue weighted by molar-refractivity contribution is 7.98. The first-order valence-electron chi connectivity index (χ1n) is 8.14. The summed E-state index contributed by atoms with van der Waals surface area (Å²) in [7, 11) is 1.67. The quantitative estimate of drug-likeness (QED) is 0.724. The van der Waals surface area contributed by atoms with Gasteiger partial charge in [-0.1, -0.05) is 18.2 Å². The molecule has 1 atom stereocenters. The average molecular weight is 345 g/mol. The number of imidazole rings is 1. The van der Waals surface area contributed by atoms with Gasteiger partial charge in [-0.15, -0.1) is 11.8 Å². The zero-order valence-electron chi connectivity index (χ0n) is 14.1. The SMILES string of the molecule is COCCN1C[C@@H](Cn2ccnc2-c2ccccc2SC)CC1=O. The summed E-state index contributed by atoms with van der Waals surface area (Å²) >= 11 is 1.73. The predicted molar refractivity (Wildman–Crippen MR) is 96.0 cm³/mol. The van der Waals surface area contributed by atoms with Gasteiger partial charge in [0, 0.05) is 61.9 Å². The lowest BCUT2D eigenvalue weighted by Crippen LogP contribution is -2.29. The van der Waals surface area contributed by atoms with Crippen LogP contribution in [-0.4, -0.2) is 53.4 Å². The number of hydrogen-bond donors (Lipinski definition) is 0. The average Bonchev–Trinajstić information content (AvgIpc) is 3.19. The maximum absolute atomic E-state index is 12.1. The van der Waals surface area contributed by atoms with E-state index in [2.05, 4.69) is 27.9 Å². The Labute approximate surface area is 147 Å². The molecule has 0 saturated carbocycles. The van der Waals surface area contributed by atoms with Crippen LogP contribution in [0.4, 0.5) is 0 Å². The number of benzene rings is 1. The van der Waals surface area contributed by atoms with Gasteiger partial charge in [0.2, 0.25) is 5.91 Å². The largest absolute Gasteiger partial charge is 0.383 e. The molecule has 0 radical (unpaired) electrons. The van der Waals surface area contributed by atoms with Crippen molar-refractivity contribution in [3.05, 3.63) is 36.7 Å². The topological polar surface area (TPSA) is 47.4 Å². The first kappa shape index (κ1) is 17.0. The van der Waals surface area contributed by atoms with Crippen molar-refractivity contribution < 1.29 is 9.53 Å². The third kappa shape index (κ3) is 3.65. The van der Waals surface area contributed by atoms with Gasteiger partial charge < -0.3 is 14.2 Å². The Bertz CT molecular complexity index is 701. The van der Waals surface area contributed by atoms with E-state index in [4.69, 9.17) is 4.74 Å². The molecule has 2 aromatic rings. The van der Waals surface area contributed by atoms with Crippen LogP contribution in [0.3, 0.4) is 0 Å². The molecule has 3 rings (SSSR count). The summed E-state index contributed by atoms with van der Waals surface area (Å²) in [4.78, 5) is 19.8. The van der Waals surface area contributed by atoms with Gasteiger partial charge in [0.15, 0.2) is 0 Å². The van der Waals surface area contributed by atoms with Crippen molar-refractivity contribution in [3.8, 4) is 11.4 Å². The smallest absolute Gasteiger partial charge is 0.223 e. The predicted octanol–water partition coefficient (Wildman–Crippen LogP) is 2.77. The standard InChI is InChI=1S/C18H23N3O2S/c1-23-10-9-20-12-14(11-17(20)22)13-21-8-7-19-18(21)15-5-3-4-6-16(15)24-2/h3-8,14H,9-13H2,1-2H3/t14-/m0/s1. The maximum Gasteiger partial charge on any atom is 0.223 e. The van der Waals surface area contributed by atoms with E-state index in [-0.39, 0.29) is 5.91 Å². The van der Waals surface area contributed by atoms with Crippen LogP contribution < -0.4 is 0 Å². The summed E-state index contributed by atoms with van der Waals surface area (Å²) in [6.45, 7) is 2.88. The van der Waals surface area contributed by atoms with Crippen molar-refractivity contribution in [2.24, 2.45) is 5.92 Å². The summed E-state index contributed by atoms with van der Waals surface area (Å²) in [5.41, 5.74) is 1.15. The van der Waals surface area contributed by atoms with Gasteiger partial charge in [-0.3, -0.25) is 4.79 Å². The van der Waals surface area contributed by atoms with Gasteiger partial charge in [-0.05, 0) is 12.3 Å². The first-order valence-corrected chi connectivity index (χ1v) is 9.36. The molecule has 0 unspecified atom stereocenters. The van der Waals surface area contributed by atoms with Gasteiger partial charge in [-0.2, -0.15) is 0 Å². The number of likely N-dealkylation sites (tertiary alicyclic amines) is 1. The van der Waals surface area contributed by atoms with Gasteiger partial charge in [0.1, 0.15) is 5.82 Å². The highest BCUT2D eigenvalue weighted by Gasteiger charge is 2.29. The van der Waals surface area contributed by atoms with Gasteiger partial charge in [0.05, 0.1) is 6.61 Å². The van der Waals surface area contributed by atoms with E-state index >= 15 is 0 Å². The molecule has 6 heteroatoms. The van der Waals surface area contributed by atoms with E-state index < -0.39 is 0 Å². The molecule has 1 aromatic heterocycles. The monoisotopic (exact) mass is 345 g/mol. The van der Waals surface area contributed by atoms with Crippen LogP contribution in [0, 0.1) is 5.92 Å². The summed E-state index contributed by atoms with van der Waals surface area (Å²) in [5, 5.41) is 0. The molecule has 0 spiro atoms. The fourth-order valence-electron chi connectivity index (χ4n) is 3.20. The minimum Gasteiger partial charge on any atom is -0.383 e. The molecule has 1 aliphatic heterocycles. The zero-order chi connectivity index (χ0) is 16.9. The van der Waals surface area contributed by atoms with Crippen LogP contribution in [0.25, 0.3) is 11.4 Å². The van der Waals surface area contributed by atoms with Crippen molar-refractivity contribution in [3.63, 3.8) is 0 Å². The molecular weight excluding hydrogens is 322 g/mol. The zero-order valence-corrected chi connectivity index (χ0v) is 15.0. The fraction of sp³-hybridized carbons (Fsp3) is 0.444. The molecule has 24 heavy (non-hydrogen) atoms. The number of amides is 1. The molecule has 0 bridgehead atoms. The summed E-state index contributed by atoms with van der Waals surface area (Å²) < 4.78 is 7.26. The van der Waals surface area contributed by atoms with Crippen LogP contribution in [0.2, 0.25) is 0 Å². The van der Waals surface area contributed by atoms with E-state index in [1.165, 1.54) is 4.90 Å². The van der Waals surface area contributed by atoms with E-state index in [1.807, 2.05) is 29.4 Å². The molecular formula is C18H23N3O2S. The number of carbonyl (C=O) groups is 1. The normalized spacial score (nSPS) is 17.7. The number of nitrogens with zero attached hydrogens (tertiary/aromatic N) is 3. The van der Waals surface area contributed by atoms with Crippen molar-refractivity contribution in [2.45, 2.75) is 17.9 Å². The molecule has 1 saturated heterocycles. The number of thioether (sulfide) groups is 1. The van der Waals surface area contributed by atoms with Crippen LogP contribution in [-0.2, 0) is 16.1 Å². The number of ether oxygens (including phenoxy) is 1. The molecule has 1 aliphatic rings. The van der Waals surface area contributed by atoms with Gasteiger partial charge in [-0.25, -0.2) is 4.98 Å². The number of methoxy groups -OCH3 is 1. The Morgan fingerprint density at radius 1 is 1.38 bits per heavy atom. The molecule has 5 nitrogen and oxygen atoms in total. The molecule has 1 fully saturated rings. The lowest BCUT2D eigenvalue weighted by Gasteiger charge is -2.17. The van der Waals surface area contributed by atoms with Crippen LogP contribution >= 0.6 is 11.8 Å². The van der Waals surface area contributed by atoms with Crippen molar-refractivity contribution in [2.75, 3.05) is 33.1 Å². The van der Waals surface area contributed by atoms with Crippen LogP contribution in [0.5, 0.6) is 0 Å². The number of hydrogen-bond acceptors (Lipinski definition) is 4. The highest BCUT2D eigenvalue weighted by atomic mass is 32.2. The molecule has 128 valence electrons.